The van der Waals surface area contributed by atoms with Crippen LogP contribution in [0.3, 0.4) is 0 Å². The summed E-state index contributed by atoms with van der Waals surface area (Å²) in [6, 6.07) is 19.1. The molecule has 4 aliphatic carbocycles. The molecule has 238 valence electrons. The van der Waals surface area contributed by atoms with Crippen LogP contribution in [-0.2, 0) is 28.5 Å². The molecule has 4 fully saturated rings. The van der Waals surface area contributed by atoms with Crippen molar-refractivity contribution in [3.8, 4) is 11.5 Å². The zero-order chi connectivity index (χ0) is 30.8. The van der Waals surface area contributed by atoms with Crippen molar-refractivity contribution in [3.63, 3.8) is 0 Å². The molecule has 0 aromatic heterocycles. The lowest BCUT2D eigenvalue weighted by molar-refractivity contribution is -0.153. The smallest absolute Gasteiger partial charge is 0.303 e. The third kappa shape index (κ3) is 6.34. The van der Waals surface area contributed by atoms with Gasteiger partial charge in [-0.05, 0) is 85.0 Å². The summed E-state index contributed by atoms with van der Waals surface area (Å²) >= 11 is 0. The fraction of sp³-hybridized carbons (Fsp3) is 0.611. The summed E-state index contributed by atoms with van der Waals surface area (Å²) in [7, 11) is 0. The van der Waals surface area contributed by atoms with Crippen molar-refractivity contribution in [2.75, 3.05) is 39.6 Å². The highest BCUT2D eigenvalue weighted by Crippen LogP contribution is 2.93. The molecule has 0 saturated heterocycles. The maximum absolute atomic E-state index is 11.7. The normalized spacial score (nSPS) is 32.3. The van der Waals surface area contributed by atoms with E-state index in [1.54, 1.807) is 0 Å². The van der Waals surface area contributed by atoms with Gasteiger partial charge < -0.3 is 28.4 Å². The minimum absolute atomic E-state index is 0.0973. The van der Waals surface area contributed by atoms with Crippen LogP contribution in [0.2, 0.25) is 0 Å². The van der Waals surface area contributed by atoms with Crippen LogP contribution in [-0.4, -0.2) is 63.8 Å². The van der Waals surface area contributed by atoms with Crippen molar-refractivity contribution in [2.24, 2.45) is 34.0 Å². The number of rotatable bonds is 16. The van der Waals surface area contributed by atoms with Crippen LogP contribution in [0.15, 0.2) is 60.7 Å². The van der Waals surface area contributed by atoms with E-state index in [-0.39, 0.29) is 36.0 Å². The number of fused-ring (bicyclic) bond motifs is 2. The third-order valence-corrected chi connectivity index (χ3v) is 10.8. The number of hydrogen-bond donors (Lipinski definition) is 0. The number of para-hydroxylation sites is 2. The van der Waals surface area contributed by atoms with Gasteiger partial charge in [0, 0.05) is 19.3 Å². The first-order valence-electron chi connectivity index (χ1n) is 16.1. The number of carbonyl (C=O) groups is 2. The molecule has 0 aliphatic heterocycles. The van der Waals surface area contributed by atoms with E-state index in [2.05, 4.69) is 6.92 Å². The molecule has 8 heteroatoms. The van der Waals surface area contributed by atoms with Gasteiger partial charge in [0.15, 0.2) is 12.2 Å². The average molecular weight is 607 g/mol. The van der Waals surface area contributed by atoms with Gasteiger partial charge in [-0.3, -0.25) is 9.59 Å². The Balaban J connectivity index is 0.976. The van der Waals surface area contributed by atoms with Gasteiger partial charge >= 0.3 is 11.9 Å². The van der Waals surface area contributed by atoms with Crippen molar-refractivity contribution in [1.29, 1.82) is 0 Å². The average Bonchev–Trinajstić information content (AvgIpc) is 3.24. The molecule has 0 radical (unpaired) electrons. The number of ether oxygens (including phenoxy) is 6. The summed E-state index contributed by atoms with van der Waals surface area (Å²) in [4.78, 5) is 23.4. The highest BCUT2D eigenvalue weighted by atomic mass is 16.6. The molecule has 8 atom stereocenters. The molecule has 2 aromatic carbocycles. The fourth-order valence-corrected chi connectivity index (χ4v) is 8.96. The number of esters is 2. The molecule has 8 unspecified atom stereocenters. The van der Waals surface area contributed by atoms with Gasteiger partial charge in [-0.15, -0.1) is 0 Å². The monoisotopic (exact) mass is 606 g/mol. The molecule has 4 saturated carbocycles. The standard InChI is InChI=1S/C36H46O8/c1-25(37)43-29(20-41-27-10-6-4-7-11-27)18-39-23-34(3)15-14-32-31(16-34)33-17-35(32)22-36(33,35)24-40-19-30(44-26(2)38)21-42-28-12-8-5-9-13-28/h4-13,29-33H,14-24H2,1-3H3. The van der Waals surface area contributed by atoms with Crippen LogP contribution in [0, 0.1) is 34.0 Å². The molecule has 2 bridgehead atoms. The third-order valence-electron chi connectivity index (χ3n) is 10.8. The molecular formula is C36H46O8. The first-order valence-corrected chi connectivity index (χ1v) is 16.1. The summed E-state index contributed by atoms with van der Waals surface area (Å²) in [5.74, 6) is 2.99. The van der Waals surface area contributed by atoms with Crippen LogP contribution in [0.5, 0.6) is 11.5 Å². The van der Waals surface area contributed by atoms with Crippen molar-refractivity contribution in [3.05, 3.63) is 60.7 Å². The Morgan fingerprint density at radius 2 is 1.30 bits per heavy atom. The first kappa shape index (κ1) is 30.9. The van der Waals surface area contributed by atoms with E-state index in [1.165, 1.54) is 33.1 Å². The minimum atomic E-state index is -0.451. The van der Waals surface area contributed by atoms with Crippen LogP contribution in [0.4, 0.5) is 0 Å². The molecule has 4 aliphatic rings. The second-order valence-electron chi connectivity index (χ2n) is 13.9. The maximum atomic E-state index is 11.7. The topological polar surface area (TPSA) is 89.5 Å². The molecule has 44 heavy (non-hydrogen) atoms. The summed E-state index contributed by atoms with van der Waals surface area (Å²) in [5, 5.41) is 0. The second kappa shape index (κ2) is 12.7. The van der Waals surface area contributed by atoms with Crippen molar-refractivity contribution < 1.29 is 38.0 Å². The SMILES string of the molecule is CC(=O)OC(COCC1(C)CCC2C(C1)C1CC23CC13COCC(COc1ccccc1)OC(C)=O)COc1ccccc1. The lowest BCUT2D eigenvalue weighted by Gasteiger charge is -2.41. The van der Waals surface area contributed by atoms with E-state index in [9.17, 15) is 9.59 Å². The molecule has 0 heterocycles. The molecule has 2 aromatic rings. The Labute approximate surface area is 260 Å². The number of carbonyl (C=O) groups excluding carboxylic acids is 2. The van der Waals surface area contributed by atoms with Crippen LogP contribution in [0.25, 0.3) is 0 Å². The van der Waals surface area contributed by atoms with E-state index in [4.69, 9.17) is 28.4 Å². The molecule has 0 N–H and O–H groups in total. The van der Waals surface area contributed by atoms with Gasteiger partial charge in [-0.25, -0.2) is 0 Å². The predicted octanol–water partition coefficient (Wildman–Crippen LogP) is 5.87. The lowest BCUT2D eigenvalue weighted by atomic mass is 9.66. The van der Waals surface area contributed by atoms with Gasteiger partial charge in [-0.1, -0.05) is 43.3 Å². The number of hydrogen-bond acceptors (Lipinski definition) is 8. The highest BCUT2D eigenvalue weighted by molar-refractivity contribution is 5.66. The van der Waals surface area contributed by atoms with Crippen LogP contribution < -0.4 is 9.47 Å². The Morgan fingerprint density at radius 1 is 0.750 bits per heavy atom. The zero-order valence-electron chi connectivity index (χ0n) is 26.2. The Hall–Kier alpha value is -3.10. The highest BCUT2D eigenvalue weighted by Gasteiger charge is 2.88. The Bertz CT molecular complexity index is 1290. The van der Waals surface area contributed by atoms with Gasteiger partial charge in [0.2, 0.25) is 0 Å². The summed E-state index contributed by atoms with van der Waals surface area (Å²) in [6.07, 6.45) is 5.23. The van der Waals surface area contributed by atoms with Crippen molar-refractivity contribution in [2.45, 2.75) is 65.1 Å². The van der Waals surface area contributed by atoms with Crippen LogP contribution >= 0.6 is 0 Å². The zero-order valence-corrected chi connectivity index (χ0v) is 26.2. The Kier molecular flexibility index (Phi) is 8.93. The predicted molar refractivity (Wildman–Crippen MR) is 163 cm³/mol. The summed E-state index contributed by atoms with van der Waals surface area (Å²) in [6.45, 7) is 7.76. The van der Waals surface area contributed by atoms with E-state index in [0.29, 0.717) is 37.1 Å². The Morgan fingerprint density at radius 3 is 1.84 bits per heavy atom. The maximum Gasteiger partial charge on any atom is 0.303 e. The van der Waals surface area contributed by atoms with E-state index >= 15 is 0 Å². The van der Waals surface area contributed by atoms with Gasteiger partial charge in [0.1, 0.15) is 24.7 Å². The first-order chi connectivity index (χ1) is 21.2. The molecule has 6 rings (SSSR count). The summed E-state index contributed by atoms with van der Waals surface area (Å²) in [5.41, 5.74) is 0.821. The van der Waals surface area contributed by atoms with Crippen molar-refractivity contribution in [1.82, 2.24) is 0 Å². The lowest BCUT2D eigenvalue weighted by Crippen LogP contribution is -2.38. The van der Waals surface area contributed by atoms with Crippen LogP contribution in [0.1, 0.15) is 52.9 Å². The molecule has 8 nitrogen and oxygen atoms in total. The van der Waals surface area contributed by atoms with E-state index in [1.807, 2.05) is 60.7 Å². The largest absolute Gasteiger partial charge is 0.490 e. The number of benzene rings is 2. The molecular weight excluding hydrogens is 560 g/mol. The fourth-order valence-electron chi connectivity index (χ4n) is 8.96. The van der Waals surface area contributed by atoms with Gasteiger partial charge in [0.05, 0.1) is 26.4 Å². The second-order valence-corrected chi connectivity index (χ2v) is 13.9. The van der Waals surface area contributed by atoms with E-state index < -0.39 is 12.2 Å². The van der Waals surface area contributed by atoms with E-state index in [0.717, 1.165) is 36.9 Å². The molecule has 0 spiro atoms. The molecule has 0 amide bonds. The quantitative estimate of drug-likeness (QED) is 0.219. The summed E-state index contributed by atoms with van der Waals surface area (Å²) < 4.78 is 35.2. The van der Waals surface area contributed by atoms with Gasteiger partial charge in [-0.2, -0.15) is 0 Å². The van der Waals surface area contributed by atoms with Gasteiger partial charge in [0.25, 0.3) is 0 Å². The minimum Gasteiger partial charge on any atom is -0.490 e. The van der Waals surface area contributed by atoms with Crippen molar-refractivity contribution >= 4 is 11.9 Å².